The number of hydrogen-bond acceptors (Lipinski definition) is 6. The zero-order valence-electron chi connectivity index (χ0n) is 15.4. The van der Waals surface area contributed by atoms with Gasteiger partial charge in [0.25, 0.3) is 5.91 Å². The van der Waals surface area contributed by atoms with Gasteiger partial charge < -0.3 is 25.1 Å². The molecule has 7 heteroatoms. The molecule has 0 aromatic carbocycles. The first kappa shape index (κ1) is 20.9. The zero-order chi connectivity index (χ0) is 19.1. The number of aliphatic hydroxyl groups is 2. The molecule has 26 heavy (non-hydrogen) atoms. The lowest BCUT2D eigenvalue weighted by molar-refractivity contribution is -0.115. The van der Waals surface area contributed by atoms with Crippen LogP contribution in [0, 0.1) is 17.8 Å². The maximum absolute atomic E-state index is 12.1. The number of nitrogens with one attached hydrogen (secondary N) is 1. The molecule has 3 rings (SSSR count). The summed E-state index contributed by atoms with van der Waals surface area (Å²) in [4.78, 5) is 22.1. The summed E-state index contributed by atoms with van der Waals surface area (Å²) in [5, 5.41) is 22.7. The monoisotopic (exact) mass is 383 g/mol. The Balaban J connectivity index is 0.000000552. The standard InChI is InChI=1S/C16H23NO4S.C3H6O/c18-7-10(19)8-21-11-6-15(22-9-11)16(20)17-5-4-14-12-2-1-3-13(12)14;1-3(2)4/h6,9-10,12-14,18-19H,1-5,7-8H2,(H,17,20);1-2H3. The fourth-order valence-corrected chi connectivity index (χ4v) is 4.34. The van der Waals surface area contributed by atoms with Gasteiger partial charge in [-0.1, -0.05) is 6.42 Å². The largest absolute Gasteiger partial charge is 0.490 e. The Labute approximate surface area is 158 Å². The molecular formula is C19H29NO5S. The number of ketones is 1. The predicted molar refractivity (Wildman–Crippen MR) is 101 cm³/mol. The minimum atomic E-state index is -0.893. The maximum atomic E-state index is 12.1. The molecule has 3 atom stereocenters. The van der Waals surface area contributed by atoms with Crippen molar-refractivity contribution in [2.45, 2.75) is 45.6 Å². The van der Waals surface area contributed by atoms with Crippen LogP contribution in [-0.4, -0.2) is 47.8 Å². The van der Waals surface area contributed by atoms with Crippen LogP contribution in [0.4, 0.5) is 0 Å². The summed E-state index contributed by atoms with van der Waals surface area (Å²) in [5.74, 6) is 3.39. The van der Waals surface area contributed by atoms with Gasteiger partial charge in [0, 0.05) is 18.0 Å². The molecule has 3 unspecified atom stereocenters. The second-order valence-electron chi connectivity index (χ2n) is 7.17. The first-order valence-corrected chi connectivity index (χ1v) is 10.1. The first-order chi connectivity index (χ1) is 12.4. The molecule has 0 aliphatic heterocycles. The molecule has 2 saturated carbocycles. The van der Waals surface area contributed by atoms with E-state index in [9.17, 15) is 14.7 Å². The Bertz CT molecular complexity index is 589. The smallest absolute Gasteiger partial charge is 0.261 e. The van der Waals surface area contributed by atoms with Crippen molar-refractivity contribution < 1.29 is 24.5 Å². The second-order valence-corrected chi connectivity index (χ2v) is 8.08. The van der Waals surface area contributed by atoms with E-state index < -0.39 is 6.10 Å². The summed E-state index contributed by atoms with van der Waals surface area (Å²) in [6.07, 6.45) is 4.36. The normalized spacial score (nSPS) is 24.1. The number of Topliss-reactive ketones (excluding diaryl/α,β-unsaturated/α-hetero) is 1. The summed E-state index contributed by atoms with van der Waals surface area (Å²) in [6, 6.07) is 1.68. The van der Waals surface area contributed by atoms with Gasteiger partial charge in [0.2, 0.25) is 0 Å². The lowest BCUT2D eigenvalue weighted by Gasteiger charge is -2.07. The lowest BCUT2D eigenvalue weighted by atomic mass is 10.1. The highest BCUT2D eigenvalue weighted by Gasteiger charge is 2.51. The average Bonchev–Trinajstić information content (AvgIpc) is 3.02. The van der Waals surface area contributed by atoms with Gasteiger partial charge in [0.1, 0.15) is 24.2 Å². The van der Waals surface area contributed by atoms with Crippen LogP contribution in [-0.2, 0) is 4.79 Å². The van der Waals surface area contributed by atoms with E-state index in [1.165, 1.54) is 44.4 Å². The highest BCUT2D eigenvalue weighted by molar-refractivity contribution is 7.12. The number of carbonyl (C=O) groups is 2. The number of rotatable bonds is 8. The summed E-state index contributed by atoms with van der Waals surface area (Å²) in [5.41, 5.74) is 0. The van der Waals surface area contributed by atoms with Crippen LogP contribution in [0.2, 0.25) is 0 Å². The maximum Gasteiger partial charge on any atom is 0.261 e. The van der Waals surface area contributed by atoms with E-state index in [1.807, 2.05) is 0 Å². The number of hydrogen-bond donors (Lipinski definition) is 3. The third-order valence-corrected chi connectivity index (χ3v) is 5.71. The fraction of sp³-hybridized carbons (Fsp3) is 0.684. The molecule has 1 heterocycles. The molecule has 2 aliphatic rings. The molecule has 0 radical (unpaired) electrons. The third kappa shape index (κ3) is 6.37. The van der Waals surface area contributed by atoms with Crippen molar-refractivity contribution in [1.82, 2.24) is 5.32 Å². The lowest BCUT2D eigenvalue weighted by Crippen LogP contribution is -2.24. The molecule has 0 spiro atoms. The summed E-state index contributed by atoms with van der Waals surface area (Å²) in [6.45, 7) is 3.49. The van der Waals surface area contributed by atoms with Gasteiger partial charge in [0.15, 0.2) is 0 Å². The number of amides is 1. The Morgan fingerprint density at radius 3 is 2.62 bits per heavy atom. The van der Waals surface area contributed by atoms with E-state index in [1.54, 1.807) is 11.4 Å². The first-order valence-electron chi connectivity index (χ1n) is 9.18. The van der Waals surface area contributed by atoms with Crippen molar-refractivity contribution in [3.8, 4) is 5.75 Å². The zero-order valence-corrected chi connectivity index (χ0v) is 16.3. The second kappa shape index (κ2) is 10.0. The fourth-order valence-electron chi connectivity index (χ4n) is 3.60. The van der Waals surface area contributed by atoms with Crippen molar-refractivity contribution in [2.75, 3.05) is 19.8 Å². The van der Waals surface area contributed by atoms with Crippen LogP contribution in [0.15, 0.2) is 11.4 Å². The number of aliphatic hydroxyl groups excluding tert-OH is 2. The van der Waals surface area contributed by atoms with E-state index in [0.29, 0.717) is 10.6 Å². The van der Waals surface area contributed by atoms with Crippen molar-refractivity contribution in [1.29, 1.82) is 0 Å². The highest BCUT2D eigenvalue weighted by atomic mass is 32.1. The topological polar surface area (TPSA) is 95.9 Å². The van der Waals surface area contributed by atoms with Crippen molar-refractivity contribution in [2.24, 2.45) is 17.8 Å². The molecule has 2 aliphatic carbocycles. The SMILES string of the molecule is CC(C)=O.O=C(NCCC1C2CCCC21)c1cc(OCC(O)CO)cs1. The van der Waals surface area contributed by atoms with Crippen LogP contribution >= 0.6 is 11.3 Å². The minimum absolute atomic E-state index is 0.0265. The van der Waals surface area contributed by atoms with Crippen molar-refractivity contribution in [3.05, 3.63) is 16.3 Å². The van der Waals surface area contributed by atoms with E-state index in [0.717, 1.165) is 30.7 Å². The number of ether oxygens (including phenoxy) is 1. The molecular weight excluding hydrogens is 354 g/mol. The molecule has 3 N–H and O–H groups in total. The molecule has 146 valence electrons. The Kier molecular flexibility index (Phi) is 8.06. The molecule has 0 bridgehead atoms. The average molecular weight is 384 g/mol. The molecule has 0 saturated heterocycles. The van der Waals surface area contributed by atoms with Gasteiger partial charge in [-0.3, -0.25) is 4.79 Å². The molecule has 1 amide bonds. The number of fused-ring (bicyclic) bond motifs is 1. The van der Waals surface area contributed by atoms with Gasteiger partial charge in [-0.05, 0) is 50.9 Å². The summed E-state index contributed by atoms with van der Waals surface area (Å²) in [7, 11) is 0. The van der Waals surface area contributed by atoms with Crippen LogP contribution < -0.4 is 10.1 Å². The van der Waals surface area contributed by atoms with Crippen molar-refractivity contribution in [3.63, 3.8) is 0 Å². The van der Waals surface area contributed by atoms with Gasteiger partial charge in [-0.2, -0.15) is 0 Å². The van der Waals surface area contributed by atoms with E-state index in [4.69, 9.17) is 9.84 Å². The quantitative estimate of drug-likeness (QED) is 0.640. The van der Waals surface area contributed by atoms with Gasteiger partial charge >= 0.3 is 0 Å². The highest BCUT2D eigenvalue weighted by Crippen LogP contribution is 2.58. The Morgan fingerprint density at radius 1 is 1.35 bits per heavy atom. The van der Waals surface area contributed by atoms with Crippen LogP contribution in [0.25, 0.3) is 0 Å². The summed E-state index contributed by atoms with van der Waals surface area (Å²) < 4.78 is 5.31. The van der Waals surface area contributed by atoms with Gasteiger partial charge in [-0.25, -0.2) is 0 Å². The van der Waals surface area contributed by atoms with Crippen LogP contribution in [0.5, 0.6) is 5.75 Å². The molecule has 2 fully saturated rings. The Hall–Kier alpha value is -1.44. The Morgan fingerprint density at radius 2 is 2.00 bits per heavy atom. The predicted octanol–water partition coefficient (Wildman–Crippen LogP) is 2.24. The van der Waals surface area contributed by atoms with E-state index >= 15 is 0 Å². The minimum Gasteiger partial charge on any atom is -0.490 e. The third-order valence-electron chi connectivity index (χ3n) is 4.80. The number of thiophene rings is 1. The van der Waals surface area contributed by atoms with Gasteiger partial charge in [0.05, 0.1) is 11.5 Å². The summed E-state index contributed by atoms with van der Waals surface area (Å²) >= 11 is 1.33. The van der Waals surface area contributed by atoms with E-state index in [-0.39, 0.29) is 24.9 Å². The van der Waals surface area contributed by atoms with Crippen LogP contribution in [0.3, 0.4) is 0 Å². The van der Waals surface area contributed by atoms with E-state index in [2.05, 4.69) is 5.32 Å². The molecule has 1 aromatic heterocycles. The van der Waals surface area contributed by atoms with Crippen molar-refractivity contribution >= 4 is 23.0 Å². The molecule has 6 nitrogen and oxygen atoms in total. The number of carbonyl (C=O) groups excluding carboxylic acids is 2. The molecule has 1 aromatic rings. The van der Waals surface area contributed by atoms with Crippen LogP contribution in [0.1, 0.15) is 49.2 Å². The van der Waals surface area contributed by atoms with Gasteiger partial charge in [-0.15, -0.1) is 11.3 Å².